The van der Waals surface area contributed by atoms with E-state index in [0.29, 0.717) is 30.5 Å². The molecular formula is C20H31N3O3S. The van der Waals surface area contributed by atoms with Crippen molar-refractivity contribution in [2.75, 3.05) is 39.8 Å². The van der Waals surface area contributed by atoms with Gasteiger partial charge in [-0.2, -0.15) is 4.31 Å². The minimum atomic E-state index is -3.46. The minimum Gasteiger partial charge on any atom is -0.339 e. The lowest BCUT2D eigenvalue weighted by Crippen LogP contribution is -2.40. The Bertz CT molecular complexity index is 732. The first-order valence-electron chi connectivity index (χ1n) is 9.96. The van der Waals surface area contributed by atoms with E-state index in [4.69, 9.17) is 0 Å². The number of carbonyl (C=O) groups excluding carboxylic acids is 1. The van der Waals surface area contributed by atoms with Crippen molar-refractivity contribution in [2.45, 2.75) is 37.5 Å². The summed E-state index contributed by atoms with van der Waals surface area (Å²) in [6.07, 6.45) is 3.82. The lowest BCUT2D eigenvalue weighted by Gasteiger charge is -2.32. The molecule has 0 atom stereocenters. The third-order valence-corrected chi connectivity index (χ3v) is 7.79. The Hall–Kier alpha value is -1.44. The van der Waals surface area contributed by atoms with E-state index < -0.39 is 10.0 Å². The van der Waals surface area contributed by atoms with Gasteiger partial charge in [-0.05, 0) is 75.4 Å². The zero-order valence-corrected chi connectivity index (χ0v) is 17.2. The molecule has 27 heavy (non-hydrogen) atoms. The zero-order chi connectivity index (χ0) is 19.4. The van der Waals surface area contributed by atoms with Gasteiger partial charge in [-0.15, -0.1) is 0 Å². The molecule has 2 aliphatic heterocycles. The van der Waals surface area contributed by atoms with Gasteiger partial charge in [0.05, 0.1) is 4.90 Å². The van der Waals surface area contributed by atoms with E-state index >= 15 is 0 Å². The normalized spacial score (nSPS) is 20.7. The minimum absolute atomic E-state index is 0.00588. The summed E-state index contributed by atoms with van der Waals surface area (Å²) in [7, 11) is -1.51. The summed E-state index contributed by atoms with van der Waals surface area (Å²) < 4.78 is 27.2. The second-order valence-electron chi connectivity index (χ2n) is 7.90. The number of sulfonamides is 1. The standard InChI is InChI=1S/C20H31N3O3S/c1-16-7-13-23(14-8-16)27(25,26)19-5-3-18(4-6-19)20(24)22-11-9-17(10-12-22)15-21-2/h3-6,16-17,21H,7-15H2,1-2H3. The maximum atomic E-state index is 12.8. The largest absolute Gasteiger partial charge is 0.339 e. The van der Waals surface area contributed by atoms with E-state index in [0.717, 1.165) is 45.3 Å². The molecule has 0 aromatic heterocycles. The highest BCUT2D eigenvalue weighted by Crippen LogP contribution is 2.24. The van der Waals surface area contributed by atoms with Crippen molar-refractivity contribution in [3.05, 3.63) is 29.8 Å². The zero-order valence-electron chi connectivity index (χ0n) is 16.4. The first-order valence-corrected chi connectivity index (χ1v) is 11.4. The van der Waals surface area contributed by atoms with Gasteiger partial charge in [0.1, 0.15) is 0 Å². The number of amides is 1. The molecule has 0 saturated carbocycles. The molecule has 0 bridgehead atoms. The number of carbonyl (C=O) groups is 1. The van der Waals surface area contributed by atoms with Crippen molar-refractivity contribution >= 4 is 15.9 Å². The number of nitrogens with zero attached hydrogens (tertiary/aromatic N) is 2. The van der Waals surface area contributed by atoms with Crippen LogP contribution in [-0.2, 0) is 10.0 Å². The number of hydrogen-bond donors (Lipinski definition) is 1. The molecular weight excluding hydrogens is 362 g/mol. The number of likely N-dealkylation sites (tertiary alicyclic amines) is 1. The Balaban J connectivity index is 1.64. The molecule has 2 fully saturated rings. The SMILES string of the molecule is CNCC1CCN(C(=O)c2ccc(S(=O)(=O)N3CCC(C)CC3)cc2)CC1. The number of benzene rings is 1. The van der Waals surface area contributed by atoms with Crippen molar-refractivity contribution < 1.29 is 13.2 Å². The van der Waals surface area contributed by atoms with E-state index in [2.05, 4.69) is 12.2 Å². The molecule has 150 valence electrons. The number of piperidine rings is 2. The average molecular weight is 394 g/mol. The first-order chi connectivity index (χ1) is 12.9. The average Bonchev–Trinajstić information content (AvgIpc) is 2.69. The second kappa shape index (κ2) is 8.71. The highest BCUT2D eigenvalue weighted by atomic mass is 32.2. The Labute approximate surface area is 163 Å². The van der Waals surface area contributed by atoms with E-state index in [-0.39, 0.29) is 10.8 Å². The van der Waals surface area contributed by atoms with Gasteiger partial charge in [-0.25, -0.2) is 8.42 Å². The van der Waals surface area contributed by atoms with E-state index in [1.165, 1.54) is 0 Å². The number of nitrogens with one attached hydrogen (secondary N) is 1. The number of rotatable bonds is 5. The molecule has 2 aliphatic rings. The maximum absolute atomic E-state index is 12.8. The Kier molecular flexibility index (Phi) is 6.55. The van der Waals surface area contributed by atoms with Crippen LogP contribution in [0.1, 0.15) is 43.0 Å². The van der Waals surface area contributed by atoms with Crippen LogP contribution in [-0.4, -0.2) is 63.3 Å². The van der Waals surface area contributed by atoms with Crippen LogP contribution in [0.4, 0.5) is 0 Å². The fraction of sp³-hybridized carbons (Fsp3) is 0.650. The van der Waals surface area contributed by atoms with Gasteiger partial charge in [0.2, 0.25) is 10.0 Å². The van der Waals surface area contributed by atoms with Gasteiger partial charge < -0.3 is 10.2 Å². The Morgan fingerprint density at radius 2 is 1.63 bits per heavy atom. The third-order valence-electron chi connectivity index (χ3n) is 5.88. The van der Waals surface area contributed by atoms with E-state index in [9.17, 15) is 13.2 Å². The molecule has 1 amide bonds. The van der Waals surface area contributed by atoms with Crippen LogP contribution in [0.15, 0.2) is 29.2 Å². The van der Waals surface area contributed by atoms with Crippen molar-refractivity contribution in [3.8, 4) is 0 Å². The molecule has 0 aliphatic carbocycles. The van der Waals surface area contributed by atoms with Crippen LogP contribution in [0.5, 0.6) is 0 Å². The van der Waals surface area contributed by atoms with Gasteiger partial charge in [0.25, 0.3) is 5.91 Å². The van der Waals surface area contributed by atoms with Crippen LogP contribution >= 0.6 is 0 Å². The van der Waals surface area contributed by atoms with Crippen LogP contribution in [0, 0.1) is 11.8 Å². The van der Waals surface area contributed by atoms with Crippen molar-refractivity contribution in [3.63, 3.8) is 0 Å². The lowest BCUT2D eigenvalue weighted by atomic mass is 9.96. The van der Waals surface area contributed by atoms with Crippen molar-refractivity contribution in [1.29, 1.82) is 0 Å². The molecule has 2 saturated heterocycles. The highest BCUT2D eigenvalue weighted by molar-refractivity contribution is 7.89. The van der Waals surface area contributed by atoms with Gasteiger partial charge in [-0.1, -0.05) is 6.92 Å². The topological polar surface area (TPSA) is 69.7 Å². The smallest absolute Gasteiger partial charge is 0.253 e. The van der Waals surface area contributed by atoms with Crippen LogP contribution in [0.3, 0.4) is 0 Å². The van der Waals surface area contributed by atoms with Gasteiger partial charge in [0, 0.05) is 31.7 Å². The van der Waals surface area contributed by atoms with Crippen LogP contribution < -0.4 is 5.32 Å². The van der Waals surface area contributed by atoms with Crippen molar-refractivity contribution in [1.82, 2.24) is 14.5 Å². The summed E-state index contributed by atoms with van der Waals surface area (Å²) in [5.74, 6) is 1.20. The fourth-order valence-corrected chi connectivity index (χ4v) is 5.42. The Morgan fingerprint density at radius 1 is 1.04 bits per heavy atom. The molecule has 2 heterocycles. The molecule has 3 rings (SSSR count). The molecule has 6 nitrogen and oxygen atoms in total. The molecule has 0 spiro atoms. The van der Waals surface area contributed by atoms with Gasteiger partial charge >= 0.3 is 0 Å². The maximum Gasteiger partial charge on any atom is 0.253 e. The van der Waals surface area contributed by atoms with Crippen LogP contribution in [0.2, 0.25) is 0 Å². The predicted octanol–water partition coefficient (Wildman–Crippen LogP) is 2.18. The predicted molar refractivity (Wildman–Crippen MR) is 106 cm³/mol. The van der Waals surface area contributed by atoms with Gasteiger partial charge in [-0.3, -0.25) is 4.79 Å². The fourth-order valence-electron chi connectivity index (χ4n) is 3.96. The Morgan fingerprint density at radius 3 is 2.19 bits per heavy atom. The lowest BCUT2D eigenvalue weighted by molar-refractivity contribution is 0.0691. The summed E-state index contributed by atoms with van der Waals surface area (Å²) in [5.41, 5.74) is 0.563. The van der Waals surface area contributed by atoms with Gasteiger partial charge in [0.15, 0.2) is 0 Å². The molecule has 0 radical (unpaired) electrons. The monoisotopic (exact) mass is 393 g/mol. The molecule has 1 aromatic rings. The van der Waals surface area contributed by atoms with E-state index in [1.807, 2.05) is 11.9 Å². The molecule has 1 aromatic carbocycles. The summed E-state index contributed by atoms with van der Waals surface area (Å²) in [5, 5.41) is 3.20. The molecule has 0 unspecified atom stereocenters. The quantitative estimate of drug-likeness (QED) is 0.832. The van der Waals surface area contributed by atoms with Crippen LogP contribution in [0.25, 0.3) is 0 Å². The summed E-state index contributed by atoms with van der Waals surface area (Å²) in [6, 6.07) is 6.46. The van der Waals surface area contributed by atoms with E-state index in [1.54, 1.807) is 28.6 Å². The number of hydrogen-bond acceptors (Lipinski definition) is 4. The molecule has 1 N–H and O–H groups in total. The first kappa shape index (κ1) is 20.3. The third kappa shape index (κ3) is 4.70. The summed E-state index contributed by atoms with van der Waals surface area (Å²) >= 11 is 0. The highest BCUT2D eigenvalue weighted by Gasteiger charge is 2.28. The summed E-state index contributed by atoms with van der Waals surface area (Å²) in [6.45, 7) is 5.82. The summed E-state index contributed by atoms with van der Waals surface area (Å²) in [4.78, 5) is 14.9. The molecule has 7 heteroatoms. The second-order valence-corrected chi connectivity index (χ2v) is 9.84. The van der Waals surface area contributed by atoms with Crippen molar-refractivity contribution in [2.24, 2.45) is 11.8 Å².